The number of nitrogen functional groups attached to an aromatic ring is 1. The van der Waals surface area contributed by atoms with Crippen LogP contribution >= 0.6 is 11.6 Å². The number of nitrogens with zero attached hydrogens (tertiary/aromatic N) is 2. The smallest absolute Gasteiger partial charge is 0.337 e. The van der Waals surface area contributed by atoms with Crippen molar-refractivity contribution in [2.24, 2.45) is 0 Å². The first kappa shape index (κ1) is 15.1. The zero-order valence-corrected chi connectivity index (χ0v) is 12.3. The monoisotopic (exact) mass is 305 g/mol. The number of anilines is 2. The average molecular weight is 306 g/mol. The molecule has 0 unspecified atom stereocenters. The summed E-state index contributed by atoms with van der Waals surface area (Å²) in [5.41, 5.74) is 7.49. The van der Waals surface area contributed by atoms with Gasteiger partial charge in [-0.25, -0.2) is 4.79 Å². The van der Waals surface area contributed by atoms with E-state index in [4.69, 9.17) is 17.3 Å². The van der Waals surface area contributed by atoms with E-state index in [2.05, 4.69) is 4.98 Å². The van der Waals surface area contributed by atoms with E-state index < -0.39 is 5.97 Å². The minimum atomic E-state index is -1.05. The molecule has 3 N–H and O–H groups in total. The average Bonchev–Trinajstić information content (AvgIpc) is 2.45. The molecule has 1 aromatic heterocycles. The number of aromatic carboxylic acids is 1. The predicted octanol–water partition coefficient (Wildman–Crippen LogP) is 2.69. The van der Waals surface area contributed by atoms with Gasteiger partial charge in [-0.15, -0.1) is 0 Å². The number of halogens is 1. The molecule has 0 saturated carbocycles. The number of hydrogen-bond acceptors (Lipinski definition) is 4. The van der Waals surface area contributed by atoms with Crippen molar-refractivity contribution in [2.75, 3.05) is 24.2 Å². The van der Waals surface area contributed by atoms with E-state index in [1.165, 1.54) is 6.07 Å². The number of benzene rings is 1. The Labute approximate surface area is 128 Å². The van der Waals surface area contributed by atoms with Gasteiger partial charge in [0.1, 0.15) is 0 Å². The van der Waals surface area contributed by atoms with Crippen LogP contribution in [0.1, 0.15) is 16.1 Å². The van der Waals surface area contributed by atoms with Gasteiger partial charge in [0.15, 0.2) is 0 Å². The summed E-state index contributed by atoms with van der Waals surface area (Å²) < 4.78 is 0. The van der Waals surface area contributed by atoms with Gasteiger partial charge < -0.3 is 15.7 Å². The Bertz CT molecular complexity index is 647. The summed E-state index contributed by atoms with van der Waals surface area (Å²) in [5.74, 6) is -1.05. The van der Waals surface area contributed by atoms with Crippen LogP contribution in [0.25, 0.3) is 0 Å². The largest absolute Gasteiger partial charge is 0.478 e. The standard InChI is InChI=1S/C15H16ClN3O2/c1-19(7-5-11-4-2-3-6-18-11)14-12(15(20)21)8-10(17)9-13(14)16/h2-4,6,8-9H,5,7,17H2,1H3,(H,20,21). The molecule has 0 aliphatic heterocycles. The first-order valence-corrected chi connectivity index (χ1v) is 6.80. The number of carbonyl (C=O) groups is 1. The molecule has 2 rings (SSSR count). The fraction of sp³-hybridized carbons (Fsp3) is 0.200. The minimum absolute atomic E-state index is 0.100. The molecular weight excluding hydrogens is 290 g/mol. The van der Waals surface area contributed by atoms with Crippen LogP contribution in [-0.2, 0) is 6.42 Å². The zero-order chi connectivity index (χ0) is 15.4. The van der Waals surface area contributed by atoms with Gasteiger partial charge in [-0.1, -0.05) is 17.7 Å². The van der Waals surface area contributed by atoms with Gasteiger partial charge in [-0.2, -0.15) is 0 Å². The third kappa shape index (κ3) is 3.64. The molecule has 0 aliphatic rings. The summed E-state index contributed by atoms with van der Waals surface area (Å²) in [7, 11) is 1.80. The van der Waals surface area contributed by atoms with Crippen molar-refractivity contribution in [2.45, 2.75) is 6.42 Å². The summed E-state index contributed by atoms with van der Waals surface area (Å²) in [6.07, 6.45) is 2.42. The third-order valence-electron chi connectivity index (χ3n) is 3.13. The second-order valence-electron chi connectivity index (χ2n) is 4.70. The Kier molecular flexibility index (Phi) is 4.65. The lowest BCUT2D eigenvalue weighted by Crippen LogP contribution is -2.23. The van der Waals surface area contributed by atoms with Crippen LogP contribution in [-0.4, -0.2) is 29.7 Å². The van der Waals surface area contributed by atoms with Crippen LogP contribution in [0.5, 0.6) is 0 Å². The molecule has 0 aliphatic carbocycles. The highest BCUT2D eigenvalue weighted by atomic mass is 35.5. The van der Waals surface area contributed by atoms with E-state index in [0.717, 1.165) is 5.69 Å². The molecule has 21 heavy (non-hydrogen) atoms. The van der Waals surface area contributed by atoms with Gasteiger partial charge in [0, 0.05) is 37.6 Å². The number of nitrogens with two attached hydrogens (primary N) is 1. The Balaban J connectivity index is 2.22. The van der Waals surface area contributed by atoms with Gasteiger partial charge in [0.2, 0.25) is 0 Å². The lowest BCUT2D eigenvalue weighted by atomic mass is 10.1. The molecule has 0 spiro atoms. The lowest BCUT2D eigenvalue weighted by molar-refractivity contribution is 0.0697. The Morgan fingerprint density at radius 1 is 1.43 bits per heavy atom. The Hall–Kier alpha value is -2.27. The topological polar surface area (TPSA) is 79.5 Å². The number of rotatable bonds is 5. The maximum Gasteiger partial charge on any atom is 0.337 e. The second kappa shape index (κ2) is 6.45. The zero-order valence-electron chi connectivity index (χ0n) is 11.6. The van der Waals surface area contributed by atoms with Crippen molar-refractivity contribution in [1.82, 2.24) is 4.98 Å². The summed E-state index contributed by atoms with van der Waals surface area (Å²) in [5, 5.41) is 9.63. The molecule has 0 radical (unpaired) electrons. The number of likely N-dealkylation sites (N-methyl/N-ethyl adjacent to an activating group) is 1. The van der Waals surface area contributed by atoms with Crippen molar-refractivity contribution in [3.05, 3.63) is 52.8 Å². The minimum Gasteiger partial charge on any atom is -0.478 e. The molecule has 0 fully saturated rings. The molecule has 1 aromatic carbocycles. The van der Waals surface area contributed by atoms with Crippen LogP contribution in [0.15, 0.2) is 36.5 Å². The van der Waals surface area contributed by atoms with Gasteiger partial charge >= 0.3 is 5.97 Å². The number of carboxylic acids is 1. The predicted molar refractivity (Wildman–Crippen MR) is 84.0 cm³/mol. The molecule has 6 heteroatoms. The van der Waals surface area contributed by atoms with Crippen molar-refractivity contribution in [3.8, 4) is 0 Å². The van der Waals surface area contributed by atoms with Crippen LogP contribution in [0.2, 0.25) is 5.02 Å². The van der Waals surface area contributed by atoms with Crippen molar-refractivity contribution in [1.29, 1.82) is 0 Å². The van der Waals surface area contributed by atoms with Crippen molar-refractivity contribution >= 4 is 28.9 Å². The summed E-state index contributed by atoms with van der Waals surface area (Å²) >= 11 is 6.15. The SMILES string of the molecule is CN(CCc1ccccn1)c1c(Cl)cc(N)cc1C(=O)O. The fourth-order valence-electron chi connectivity index (χ4n) is 2.11. The van der Waals surface area contributed by atoms with Crippen LogP contribution in [0, 0.1) is 0 Å². The Morgan fingerprint density at radius 2 is 2.19 bits per heavy atom. The normalized spacial score (nSPS) is 10.4. The number of carboxylic acid groups (broad SMARTS) is 1. The molecule has 110 valence electrons. The van der Waals surface area contributed by atoms with E-state index in [9.17, 15) is 9.90 Å². The van der Waals surface area contributed by atoms with Gasteiger partial charge in [0.25, 0.3) is 0 Å². The van der Waals surface area contributed by atoms with Gasteiger partial charge in [0.05, 0.1) is 16.3 Å². The quantitative estimate of drug-likeness (QED) is 0.830. The van der Waals surface area contributed by atoms with Crippen LogP contribution in [0.4, 0.5) is 11.4 Å². The first-order valence-electron chi connectivity index (χ1n) is 6.42. The number of pyridine rings is 1. The lowest BCUT2D eigenvalue weighted by Gasteiger charge is -2.22. The summed E-state index contributed by atoms with van der Waals surface area (Å²) in [6, 6.07) is 8.67. The summed E-state index contributed by atoms with van der Waals surface area (Å²) in [4.78, 5) is 17.4. The molecule has 0 bridgehead atoms. The van der Waals surface area contributed by atoms with E-state index in [-0.39, 0.29) is 5.56 Å². The molecule has 0 amide bonds. The van der Waals surface area contributed by atoms with Crippen molar-refractivity contribution < 1.29 is 9.90 Å². The van der Waals surface area contributed by atoms with Crippen LogP contribution in [0.3, 0.4) is 0 Å². The molecule has 2 aromatic rings. The highest BCUT2D eigenvalue weighted by Crippen LogP contribution is 2.32. The fourth-order valence-corrected chi connectivity index (χ4v) is 2.48. The maximum absolute atomic E-state index is 11.4. The molecule has 0 atom stereocenters. The highest BCUT2D eigenvalue weighted by Gasteiger charge is 2.18. The molecule has 1 heterocycles. The maximum atomic E-state index is 11.4. The van der Waals surface area contributed by atoms with Gasteiger partial charge in [-0.05, 0) is 24.3 Å². The van der Waals surface area contributed by atoms with E-state index in [1.54, 1.807) is 24.2 Å². The summed E-state index contributed by atoms with van der Waals surface area (Å²) in [6.45, 7) is 0.598. The first-order chi connectivity index (χ1) is 9.99. The Morgan fingerprint density at radius 3 is 2.81 bits per heavy atom. The van der Waals surface area contributed by atoms with Crippen LogP contribution < -0.4 is 10.6 Å². The number of hydrogen-bond donors (Lipinski definition) is 2. The molecule has 0 saturated heterocycles. The van der Waals surface area contributed by atoms with E-state index >= 15 is 0 Å². The van der Waals surface area contributed by atoms with E-state index in [1.807, 2.05) is 18.2 Å². The van der Waals surface area contributed by atoms with E-state index in [0.29, 0.717) is 29.4 Å². The second-order valence-corrected chi connectivity index (χ2v) is 5.10. The van der Waals surface area contributed by atoms with Gasteiger partial charge in [-0.3, -0.25) is 4.98 Å². The molecular formula is C15H16ClN3O2. The molecule has 5 nitrogen and oxygen atoms in total. The van der Waals surface area contributed by atoms with Crippen molar-refractivity contribution in [3.63, 3.8) is 0 Å². The number of aromatic nitrogens is 1. The highest BCUT2D eigenvalue weighted by molar-refractivity contribution is 6.34. The third-order valence-corrected chi connectivity index (χ3v) is 3.42.